The molecule has 1 amide bonds. The van der Waals surface area contributed by atoms with E-state index in [0.29, 0.717) is 23.9 Å². The summed E-state index contributed by atoms with van der Waals surface area (Å²) >= 11 is 1.62. The van der Waals surface area contributed by atoms with E-state index in [-0.39, 0.29) is 18.3 Å². The molecule has 0 aromatic heterocycles. The number of carbonyl (C=O) groups excluding carboxylic acids is 1. The quantitative estimate of drug-likeness (QED) is 0.814. The molecule has 2 saturated heterocycles. The van der Waals surface area contributed by atoms with E-state index in [9.17, 15) is 4.79 Å². The number of fused-ring (bicyclic) bond motifs is 3. The molecule has 2 aromatic rings. The first-order chi connectivity index (χ1) is 11.3. The zero-order valence-corrected chi connectivity index (χ0v) is 15.2. The highest BCUT2D eigenvalue weighted by Gasteiger charge is 2.33. The Morgan fingerprint density at radius 2 is 1.79 bits per heavy atom. The van der Waals surface area contributed by atoms with E-state index < -0.39 is 0 Å². The highest BCUT2D eigenvalue weighted by molar-refractivity contribution is 8.00. The molecule has 0 aliphatic carbocycles. The lowest BCUT2D eigenvalue weighted by Crippen LogP contribution is -2.48. The maximum absolute atomic E-state index is 12.2. The Hall–Kier alpha value is -1.23. The van der Waals surface area contributed by atoms with Crippen LogP contribution in [0.3, 0.4) is 0 Å². The largest absolute Gasteiger partial charge is 0.353 e. The lowest BCUT2D eigenvalue weighted by molar-refractivity contribution is -0.119. The molecule has 2 N–H and O–H groups in total. The van der Waals surface area contributed by atoms with Gasteiger partial charge in [-0.3, -0.25) is 4.79 Å². The van der Waals surface area contributed by atoms with E-state index in [1.165, 1.54) is 23.6 Å². The minimum absolute atomic E-state index is 0. The highest BCUT2D eigenvalue weighted by Crippen LogP contribution is 2.27. The number of rotatable bonds is 4. The number of carbonyl (C=O) groups is 1. The molecule has 3 nitrogen and oxygen atoms in total. The van der Waals surface area contributed by atoms with Gasteiger partial charge >= 0.3 is 0 Å². The van der Waals surface area contributed by atoms with Crippen LogP contribution in [-0.4, -0.2) is 29.8 Å². The summed E-state index contributed by atoms with van der Waals surface area (Å²) in [6, 6.07) is 16.3. The van der Waals surface area contributed by atoms with Gasteiger partial charge in [-0.05, 0) is 48.6 Å². The predicted octanol–water partition coefficient (Wildman–Crippen LogP) is 3.75. The molecule has 0 spiro atoms. The third-order valence-corrected chi connectivity index (χ3v) is 5.92. The maximum atomic E-state index is 12.2. The van der Waals surface area contributed by atoms with Crippen LogP contribution in [-0.2, 0) is 4.79 Å². The summed E-state index contributed by atoms with van der Waals surface area (Å²) in [6.07, 6.45) is 4.71. The van der Waals surface area contributed by atoms with Crippen LogP contribution in [0.1, 0.15) is 25.7 Å². The average molecular weight is 363 g/mol. The van der Waals surface area contributed by atoms with Gasteiger partial charge in [-0.25, -0.2) is 0 Å². The molecule has 5 heteroatoms. The summed E-state index contributed by atoms with van der Waals surface area (Å²) in [7, 11) is 0. The van der Waals surface area contributed by atoms with Crippen molar-refractivity contribution in [3.63, 3.8) is 0 Å². The molecule has 4 rings (SSSR count). The first kappa shape index (κ1) is 17.6. The Bertz CT molecular complexity index is 711. The van der Waals surface area contributed by atoms with E-state index in [2.05, 4.69) is 53.1 Å². The van der Waals surface area contributed by atoms with Gasteiger partial charge in [-0.2, -0.15) is 0 Å². The van der Waals surface area contributed by atoms with Gasteiger partial charge in [-0.15, -0.1) is 24.2 Å². The Morgan fingerprint density at radius 1 is 1.08 bits per heavy atom. The Labute approximate surface area is 153 Å². The SMILES string of the molecule is Cl.O=C(CSc1ccc2ccccc2c1)NC1CC2CCC(C1)N2. The van der Waals surface area contributed by atoms with Crippen LogP contribution in [0, 0.1) is 0 Å². The molecule has 0 radical (unpaired) electrons. The van der Waals surface area contributed by atoms with Crippen molar-refractivity contribution in [3.8, 4) is 0 Å². The number of hydrogen-bond acceptors (Lipinski definition) is 3. The van der Waals surface area contributed by atoms with E-state index >= 15 is 0 Å². The topological polar surface area (TPSA) is 41.1 Å². The Balaban J connectivity index is 0.00000169. The fourth-order valence-corrected chi connectivity index (χ4v) is 4.61. The molecule has 2 aromatic carbocycles. The van der Waals surface area contributed by atoms with Crippen molar-refractivity contribution in [1.82, 2.24) is 10.6 Å². The normalized spacial score (nSPS) is 25.2. The molecule has 2 unspecified atom stereocenters. The average Bonchev–Trinajstić information content (AvgIpc) is 2.91. The van der Waals surface area contributed by atoms with Crippen LogP contribution in [0.15, 0.2) is 47.4 Å². The number of nitrogens with one attached hydrogen (secondary N) is 2. The number of halogens is 1. The summed E-state index contributed by atoms with van der Waals surface area (Å²) in [5, 5.41) is 9.31. The Morgan fingerprint density at radius 3 is 2.54 bits per heavy atom. The fraction of sp³-hybridized carbons (Fsp3) is 0.421. The molecular weight excluding hydrogens is 340 g/mol. The molecule has 128 valence electrons. The minimum atomic E-state index is 0. The van der Waals surface area contributed by atoms with Crippen molar-refractivity contribution in [2.75, 3.05) is 5.75 Å². The van der Waals surface area contributed by atoms with Crippen LogP contribution >= 0.6 is 24.2 Å². The van der Waals surface area contributed by atoms with E-state index in [4.69, 9.17) is 0 Å². The summed E-state index contributed by atoms with van der Waals surface area (Å²) in [5.41, 5.74) is 0. The third-order valence-electron chi connectivity index (χ3n) is 4.93. The van der Waals surface area contributed by atoms with Crippen molar-refractivity contribution in [2.24, 2.45) is 0 Å². The van der Waals surface area contributed by atoms with Crippen LogP contribution < -0.4 is 10.6 Å². The van der Waals surface area contributed by atoms with Crippen molar-refractivity contribution in [2.45, 2.75) is 48.7 Å². The maximum Gasteiger partial charge on any atom is 0.230 e. The van der Waals surface area contributed by atoms with Gasteiger partial charge in [0.1, 0.15) is 0 Å². The summed E-state index contributed by atoms with van der Waals surface area (Å²) < 4.78 is 0. The van der Waals surface area contributed by atoms with E-state index in [1.54, 1.807) is 11.8 Å². The molecule has 2 atom stereocenters. The standard InChI is InChI=1S/C19H22N2OS.ClH/c22-19(21-17-10-15-6-7-16(11-17)20-15)12-23-18-8-5-13-3-1-2-4-14(13)9-18;/h1-5,8-9,15-17,20H,6-7,10-12H2,(H,21,22);1H. The minimum Gasteiger partial charge on any atom is -0.353 e. The molecule has 0 saturated carbocycles. The fourth-order valence-electron chi connectivity index (χ4n) is 3.85. The molecule has 2 aliphatic heterocycles. The van der Waals surface area contributed by atoms with E-state index in [1.807, 2.05) is 0 Å². The number of hydrogen-bond donors (Lipinski definition) is 2. The van der Waals surface area contributed by atoms with Gasteiger partial charge < -0.3 is 10.6 Å². The number of benzene rings is 2. The second-order valence-electron chi connectivity index (χ2n) is 6.67. The van der Waals surface area contributed by atoms with Gasteiger partial charge in [0.2, 0.25) is 5.91 Å². The molecule has 24 heavy (non-hydrogen) atoms. The van der Waals surface area contributed by atoms with Gasteiger partial charge in [0, 0.05) is 23.0 Å². The smallest absolute Gasteiger partial charge is 0.230 e. The first-order valence-electron chi connectivity index (χ1n) is 8.43. The van der Waals surface area contributed by atoms with E-state index in [0.717, 1.165) is 17.7 Å². The van der Waals surface area contributed by atoms with Crippen LogP contribution in [0.25, 0.3) is 10.8 Å². The first-order valence-corrected chi connectivity index (χ1v) is 9.42. The number of piperidine rings is 1. The molecule has 2 heterocycles. The molecule has 2 bridgehead atoms. The van der Waals surface area contributed by atoms with Crippen LogP contribution in [0.5, 0.6) is 0 Å². The monoisotopic (exact) mass is 362 g/mol. The van der Waals surface area contributed by atoms with Crippen molar-refractivity contribution in [3.05, 3.63) is 42.5 Å². The molecule has 2 aliphatic rings. The Kier molecular flexibility index (Phi) is 5.69. The summed E-state index contributed by atoms with van der Waals surface area (Å²) in [4.78, 5) is 13.4. The third kappa shape index (κ3) is 4.05. The number of amides is 1. The van der Waals surface area contributed by atoms with Crippen LogP contribution in [0.4, 0.5) is 0 Å². The lowest BCUT2D eigenvalue weighted by Gasteiger charge is -2.29. The highest BCUT2D eigenvalue weighted by atomic mass is 35.5. The molecule has 2 fully saturated rings. The summed E-state index contributed by atoms with van der Waals surface area (Å²) in [6.45, 7) is 0. The molecular formula is C19H23ClN2OS. The number of thioether (sulfide) groups is 1. The second kappa shape index (κ2) is 7.77. The van der Waals surface area contributed by atoms with Gasteiger partial charge in [-0.1, -0.05) is 30.3 Å². The van der Waals surface area contributed by atoms with Crippen LogP contribution in [0.2, 0.25) is 0 Å². The van der Waals surface area contributed by atoms with Crippen molar-refractivity contribution in [1.29, 1.82) is 0 Å². The van der Waals surface area contributed by atoms with Crippen molar-refractivity contribution < 1.29 is 4.79 Å². The second-order valence-corrected chi connectivity index (χ2v) is 7.72. The van der Waals surface area contributed by atoms with Crippen molar-refractivity contribution >= 4 is 40.8 Å². The summed E-state index contributed by atoms with van der Waals surface area (Å²) in [5.74, 6) is 0.659. The van der Waals surface area contributed by atoms with Gasteiger partial charge in [0.05, 0.1) is 5.75 Å². The zero-order valence-electron chi connectivity index (χ0n) is 13.5. The predicted molar refractivity (Wildman–Crippen MR) is 103 cm³/mol. The lowest BCUT2D eigenvalue weighted by atomic mass is 10.00. The van der Waals surface area contributed by atoms with Gasteiger partial charge in [0.15, 0.2) is 0 Å². The van der Waals surface area contributed by atoms with Gasteiger partial charge in [0.25, 0.3) is 0 Å². The zero-order chi connectivity index (χ0) is 15.6.